The van der Waals surface area contributed by atoms with Crippen LogP contribution < -0.4 is 0 Å². The van der Waals surface area contributed by atoms with E-state index in [0.717, 1.165) is 0 Å². The van der Waals surface area contributed by atoms with E-state index in [9.17, 15) is 0 Å². The van der Waals surface area contributed by atoms with E-state index in [1.165, 1.54) is 29.3 Å². The van der Waals surface area contributed by atoms with Crippen LogP contribution in [0.25, 0.3) is 10.9 Å². The third kappa shape index (κ3) is 1.79. The van der Waals surface area contributed by atoms with Crippen molar-refractivity contribution in [2.45, 2.75) is 39.0 Å². The molecule has 15 heavy (non-hydrogen) atoms. The molecule has 1 heterocycles. The number of rotatable bonds is 3. The van der Waals surface area contributed by atoms with E-state index in [2.05, 4.69) is 50.0 Å². The molecule has 1 nitrogen and oxygen atoms in total. The van der Waals surface area contributed by atoms with Crippen LogP contribution in [0.3, 0.4) is 0 Å². The number of hydrogen-bond donors (Lipinski definition) is 1. The summed E-state index contributed by atoms with van der Waals surface area (Å²) in [4.78, 5) is 3.27. The summed E-state index contributed by atoms with van der Waals surface area (Å²) in [6.07, 6.45) is 4.49. The summed E-state index contributed by atoms with van der Waals surface area (Å²) >= 11 is 0. The molecule has 1 aromatic carbocycles. The number of hydrogen-bond acceptors (Lipinski definition) is 0. The molecule has 0 aliphatic heterocycles. The highest BCUT2D eigenvalue weighted by atomic mass is 14.7. The van der Waals surface area contributed by atoms with Gasteiger partial charge in [-0.1, -0.05) is 39.3 Å². The zero-order chi connectivity index (χ0) is 10.9. The van der Waals surface area contributed by atoms with Gasteiger partial charge in [0.25, 0.3) is 0 Å². The van der Waals surface area contributed by atoms with E-state index in [-0.39, 0.29) is 5.41 Å². The van der Waals surface area contributed by atoms with Crippen LogP contribution in [0.15, 0.2) is 30.5 Å². The van der Waals surface area contributed by atoms with Gasteiger partial charge in [-0.15, -0.1) is 0 Å². The van der Waals surface area contributed by atoms with Gasteiger partial charge in [-0.3, -0.25) is 0 Å². The van der Waals surface area contributed by atoms with E-state index >= 15 is 0 Å². The normalized spacial score (nSPS) is 12.2. The van der Waals surface area contributed by atoms with Crippen LogP contribution in [0, 0.1) is 0 Å². The first-order valence-electron chi connectivity index (χ1n) is 5.72. The molecule has 0 aliphatic rings. The van der Waals surface area contributed by atoms with Gasteiger partial charge in [0.2, 0.25) is 0 Å². The van der Waals surface area contributed by atoms with Gasteiger partial charge in [-0.25, -0.2) is 0 Å². The van der Waals surface area contributed by atoms with Gasteiger partial charge < -0.3 is 4.98 Å². The van der Waals surface area contributed by atoms with Crippen LogP contribution in [0.1, 0.15) is 39.2 Å². The van der Waals surface area contributed by atoms with Gasteiger partial charge in [0.05, 0.1) is 0 Å². The minimum Gasteiger partial charge on any atom is -0.361 e. The average Bonchev–Trinajstić information content (AvgIpc) is 2.64. The molecule has 1 N–H and O–H groups in total. The lowest BCUT2D eigenvalue weighted by molar-refractivity contribution is 0.477. The maximum atomic E-state index is 3.27. The van der Waals surface area contributed by atoms with Crippen molar-refractivity contribution >= 4 is 10.9 Å². The molecular formula is C14H19N. The maximum Gasteiger partial charge on any atom is 0.0456 e. The zero-order valence-electron chi connectivity index (χ0n) is 9.80. The number of nitrogens with one attached hydrogen (secondary N) is 1. The number of aromatic nitrogens is 1. The number of fused-ring (bicyclic) bond motifs is 1. The molecule has 2 rings (SSSR count). The fourth-order valence-corrected chi connectivity index (χ4v) is 2.44. The van der Waals surface area contributed by atoms with E-state index in [4.69, 9.17) is 0 Å². The van der Waals surface area contributed by atoms with Crippen LogP contribution >= 0.6 is 0 Å². The van der Waals surface area contributed by atoms with E-state index in [0.29, 0.717) is 0 Å². The van der Waals surface area contributed by atoms with Crippen molar-refractivity contribution in [2.24, 2.45) is 0 Å². The van der Waals surface area contributed by atoms with Gasteiger partial charge in [0, 0.05) is 17.1 Å². The Morgan fingerprint density at radius 2 is 2.00 bits per heavy atom. The molecule has 0 spiro atoms. The van der Waals surface area contributed by atoms with Crippen molar-refractivity contribution in [2.75, 3.05) is 0 Å². The Bertz CT molecular complexity index is 451. The lowest BCUT2D eigenvalue weighted by atomic mass is 9.79. The summed E-state index contributed by atoms with van der Waals surface area (Å²) < 4.78 is 0. The zero-order valence-corrected chi connectivity index (χ0v) is 9.80. The molecule has 0 atom stereocenters. The molecule has 0 radical (unpaired) electrons. The third-order valence-corrected chi connectivity index (χ3v) is 3.20. The summed E-state index contributed by atoms with van der Waals surface area (Å²) in [5, 5.41) is 1.37. The Labute approximate surface area is 91.5 Å². The molecule has 0 saturated heterocycles. The van der Waals surface area contributed by atoms with E-state index in [1.807, 2.05) is 6.20 Å². The first-order chi connectivity index (χ1) is 7.15. The highest BCUT2D eigenvalue weighted by Crippen LogP contribution is 2.33. The molecule has 1 aromatic heterocycles. The lowest BCUT2D eigenvalue weighted by Crippen LogP contribution is -2.16. The van der Waals surface area contributed by atoms with Crippen LogP contribution in [0.2, 0.25) is 0 Å². The topological polar surface area (TPSA) is 15.8 Å². The first-order valence-corrected chi connectivity index (χ1v) is 5.72. The molecule has 0 bridgehead atoms. The molecule has 0 amide bonds. The Hall–Kier alpha value is -1.24. The standard InChI is InChI=1S/C14H19N/c1-4-9-14(2,3)12-6-5-7-13-11(12)8-10-15-13/h5-8,10,15H,4,9H2,1-3H3. The van der Waals surface area contributed by atoms with Crippen molar-refractivity contribution in [1.29, 1.82) is 0 Å². The van der Waals surface area contributed by atoms with Gasteiger partial charge in [-0.05, 0) is 29.5 Å². The number of aromatic amines is 1. The third-order valence-electron chi connectivity index (χ3n) is 3.20. The predicted molar refractivity (Wildman–Crippen MR) is 66.2 cm³/mol. The second-order valence-corrected chi connectivity index (χ2v) is 4.88. The smallest absolute Gasteiger partial charge is 0.0456 e. The van der Waals surface area contributed by atoms with Crippen LogP contribution in [-0.4, -0.2) is 4.98 Å². The summed E-state index contributed by atoms with van der Waals surface area (Å²) in [5.41, 5.74) is 2.98. The fourth-order valence-electron chi connectivity index (χ4n) is 2.44. The van der Waals surface area contributed by atoms with E-state index in [1.54, 1.807) is 0 Å². The van der Waals surface area contributed by atoms with Crippen LogP contribution in [-0.2, 0) is 5.41 Å². The first kappa shape index (κ1) is 10.3. The molecule has 80 valence electrons. The summed E-state index contributed by atoms with van der Waals surface area (Å²) in [5.74, 6) is 0. The minimum absolute atomic E-state index is 0.274. The Morgan fingerprint density at radius 3 is 2.73 bits per heavy atom. The highest BCUT2D eigenvalue weighted by Gasteiger charge is 2.21. The predicted octanol–water partition coefficient (Wildman–Crippen LogP) is 4.25. The largest absolute Gasteiger partial charge is 0.361 e. The van der Waals surface area contributed by atoms with Gasteiger partial charge in [0.1, 0.15) is 0 Å². The second kappa shape index (κ2) is 3.73. The Morgan fingerprint density at radius 1 is 1.20 bits per heavy atom. The molecule has 0 saturated carbocycles. The summed E-state index contributed by atoms with van der Waals surface area (Å²) in [6.45, 7) is 6.91. The van der Waals surface area contributed by atoms with Gasteiger partial charge >= 0.3 is 0 Å². The minimum atomic E-state index is 0.274. The van der Waals surface area contributed by atoms with Crippen LogP contribution in [0.5, 0.6) is 0 Å². The monoisotopic (exact) mass is 201 g/mol. The SMILES string of the molecule is CCCC(C)(C)c1cccc2[nH]ccc12. The highest BCUT2D eigenvalue weighted by molar-refractivity contribution is 5.83. The maximum absolute atomic E-state index is 3.27. The van der Waals surface area contributed by atoms with Crippen molar-refractivity contribution in [3.05, 3.63) is 36.0 Å². The number of benzene rings is 1. The molecule has 0 unspecified atom stereocenters. The lowest BCUT2D eigenvalue weighted by Gasteiger charge is -2.25. The van der Waals surface area contributed by atoms with Gasteiger partial charge in [-0.2, -0.15) is 0 Å². The van der Waals surface area contributed by atoms with Gasteiger partial charge in [0.15, 0.2) is 0 Å². The van der Waals surface area contributed by atoms with Crippen molar-refractivity contribution in [3.8, 4) is 0 Å². The fraction of sp³-hybridized carbons (Fsp3) is 0.429. The summed E-state index contributed by atoms with van der Waals surface area (Å²) in [7, 11) is 0. The van der Waals surface area contributed by atoms with E-state index < -0.39 is 0 Å². The number of H-pyrrole nitrogens is 1. The molecule has 0 aliphatic carbocycles. The molecular weight excluding hydrogens is 182 g/mol. The Balaban J connectivity index is 2.55. The Kier molecular flexibility index (Phi) is 2.56. The van der Waals surface area contributed by atoms with Crippen molar-refractivity contribution in [3.63, 3.8) is 0 Å². The second-order valence-electron chi connectivity index (χ2n) is 4.88. The molecule has 0 fully saturated rings. The quantitative estimate of drug-likeness (QED) is 0.764. The van der Waals surface area contributed by atoms with Crippen molar-refractivity contribution in [1.82, 2.24) is 4.98 Å². The summed E-state index contributed by atoms with van der Waals surface area (Å²) in [6, 6.07) is 8.72. The average molecular weight is 201 g/mol. The van der Waals surface area contributed by atoms with Crippen molar-refractivity contribution < 1.29 is 0 Å². The molecule has 1 heteroatoms. The van der Waals surface area contributed by atoms with Crippen LogP contribution in [0.4, 0.5) is 0 Å². The molecule has 2 aromatic rings.